The van der Waals surface area contributed by atoms with E-state index in [1.807, 2.05) is 50.4 Å². The fraction of sp³-hybridized carbons (Fsp3) is 0.292. The number of para-hydroxylation sites is 1. The lowest BCUT2D eigenvalue weighted by atomic mass is 10.0. The number of rotatable bonds is 8. The Morgan fingerprint density at radius 1 is 1.09 bits per heavy atom. The zero-order chi connectivity index (χ0) is 23.1. The van der Waals surface area contributed by atoms with Crippen molar-refractivity contribution in [2.45, 2.75) is 32.9 Å². The number of nitrogens with one attached hydrogen (secondary N) is 2. The van der Waals surface area contributed by atoms with Crippen molar-refractivity contribution in [1.82, 2.24) is 20.4 Å². The normalized spacial score (nSPS) is 11.8. The van der Waals surface area contributed by atoms with Crippen molar-refractivity contribution in [2.24, 2.45) is 5.92 Å². The maximum Gasteiger partial charge on any atom is 0.407 e. The number of methoxy groups -OCH3 is 1. The highest BCUT2D eigenvalue weighted by Crippen LogP contribution is 2.24. The summed E-state index contributed by atoms with van der Waals surface area (Å²) >= 11 is 0. The molecule has 0 saturated carbocycles. The van der Waals surface area contributed by atoms with E-state index in [0.717, 1.165) is 16.8 Å². The van der Waals surface area contributed by atoms with E-state index in [4.69, 9.17) is 0 Å². The van der Waals surface area contributed by atoms with Crippen LogP contribution in [0.3, 0.4) is 0 Å². The van der Waals surface area contributed by atoms with E-state index < -0.39 is 12.1 Å². The SMILES string of the molecule is COC(=O)NC(CC(C)C)C(=O)NCc1cn(-c2ccccc2)nc1-c1ccc(F)cc1. The largest absolute Gasteiger partial charge is 0.453 e. The molecule has 7 nitrogen and oxygen atoms in total. The summed E-state index contributed by atoms with van der Waals surface area (Å²) in [7, 11) is 1.26. The molecule has 0 aliphatic carbocycles. The highest BCUT2D eigenvalue weighted by molar-refractivity contribution is 5.85. The third kappa shape index (κ3) is 5.94. The monoisotopic (exact) mass is 438 g/mol. The topological polar surface area (TPSA) is 85.2 Å². The van der Waals surface area contributed by atoms with Gasteiger partial charge in [-0.2, -0.15) is 5.10 Å². The Hall–Kier alpha value is -3.68. The number of nitrogens with zero attached hydrogens (tertiary/aromatic N) is 2. The van der Waals surface area contributed by atoms with Crippen LogP contribution in [0, 0.1) is 11.7 Å². The Morgan fingerprint density at radius 2 is 1.78 bits per heavy atom. The fourth-order valence-electron chi connectivity index (χ4n) is 3.31. The molecule has 0 radical (unpaired) electrons. The summed E-state index contributed by atoms with van der Waals surface area (Å²) in [6.45, 7) is 4.13. The minimum absolute atomic E-state index is 0.190. The third-order valence-electron chi connectivity index (χ3n) is 4.88. The summed E-state index contributed by atoms with van der Waals surface area (Å²) in [6.07, 6.45) is 1.64. The lowest BCUT2D eigenvalue weighted by molar-refractivity contribution is -0.123. The molecule has 3 aromatic rings. The summed E-state index contributed by atoms with van der Waals surface area (Å²) in [5.41, 5.74) is 2.99. The molecule has 8 heteroatoms. The minimum Gasteiger partial charge on any atom is -0.453 e. The molecule has 1 aromatic heterocycles. The second kappa shape index (κ2) is 10.6. The van der Waals surface area contributed by atoms with Crippen LogP contribution in [-0.4, -0.2) is 34.9 Å². The van der Waals surface area contributed by atoms with Gasteiger partial charge in [-0.25, -0.2) is 13.9 Å². The number of halogens is 1. The number of amides is 2. The number of hydrogen-bond acceptors (Lipinski definition) is 4. The van der Waals surface area contributed by atoms with Crippen molar-refractivity contribution in [1.29, 1.82) is 0 Å². The lowest BCUT2D eigenvalue weighted by Crippen LogP contribution is -2.47. The van der Waals surface area contributed by atoms with E-state index in [1.54, 1.807) is 16.8 Å². The van der Waals surface area contributed by atoms with Gasteiger partial charge in [-0.05, 0) is 48.7 Å². The molecular formula is C24H27FN4O3. The van der Waals surface area contributed by atoms with Gasteiger partial charge in [-0.1, -0.05) is 32.0 Å². The van der Waals surface area contributed by atoms with E-state index >= 15 is 0 Å². The molecule has 3 rings (SSSR count). The first-order valence-electron chi connectivity index (χ1n) is 10.4. The molecule has 168 valence electrons. The van der Waals surface area contributed by atoms with Crippen LogP contribution in [0.5, 0.6) is 0 Å². The fourth-order valence-corrected chi connectivity index (χ4v) is 3.31. The number of benzene rings is 2. The third-order valence-corrected chi connectivity index (χ3v) is 4.88. The Kier molecular flexibility index (Phi) is 7.59. The number of aromatic nitrogens is 2. The maximum absolute atomic E-state index is 13.4. The van der Waals surface area contributed by atoms with Crippen LogP contribution in [0.1, 0.15) is 25.8 Å². The maximum atomic E-state index is 13.4. The predicted molar refractivity (Wildman–Crippen MR) is 120 cm³/mol. The van der Waals surface area contributed by atoms with Crippen LogP contribution in [0.15, 0.2) is 60.8 Å². The molecule has 0 aliphatic rings. The molecule has 1 atom stereocenters. The van der Waals surface area contributed by atoms with E-state index in [9.17, 15) is 14.0 Å². The first-order valence-corrected chi connectivity index (χ1v) is 10.4. The van der Waals surface area contributed by atoms with Gasteiger partial charge in [0.05, 0.1) is 18.5 Å². The van der Waals surface area contributed by atoms with Gasteiger partial charge < -0.3 is 15.4 Å². The molecular weight excluding hydrogens is 411 g/mol. The summed E-state index contributed by atoms with van der Waals surface area (Å²) in [4.78, 5) is 24.5. The molecule has 0 spiro atoms. The highest BCUT2D eigenvalue weighted by atomic mass is 19.1. The zero-order valence-electron chi connectivity index (χ0n) is 18.3. The average molecular weight is 439 g/mol. The number of carbonyl (C=O) groups is 2. The molecule has 2 aromatic carbocycles. The number of ether oxygens (including phenoxy) is 1. The van der Waals surface area contributed by atoms with Gasteiger partial charge in [0.2, 0.25) is 5.91 Å². The second-order valence-corrected chi connectivity index (χ2v) is 7.83. The minimum atomic E-state index is -0.721. The summed E-state index contributed by atoms with van der Waals surface area (Å²) < 4.78 is 19.8. The van der Waals surface area contributed by atoms with Crippen LogP contribution < -0.4 is 10.6 Å². The quantitative estimate of drug-likeness (QED) is 0.555. The van der Waals surface area contributed by atoms with Crippen LogP contribution in [0.4, 0.5) is 9.18 Å². The summed E-state index contributed by atoms with van der Waals surface area (Å²) in [5.74, 6) is -0.461. The van der Waals surface area contributed by atoms with Gasteiger partial charge in [0.15, 0.2) is 0 Å². The van der Waals surface area contributed by atoms with Crippen molar-refractivity contribution in [3.8, 4) is 16.9 Å². The molecule has 2 N–H and O–H groups in total. The molecule has 1 unspecified atom stereocenters. The number of hydrogen-bond donors (Lipinski definition) is 2. The van der Waals surface area contributed by atoms with Crippen molar-refractivity contribution in [3.63, 3.8) is 0 Å². The Labute approximate surface area is 186 Å². The van der Waals surface area contributed by atoms with E-state index in [1.165, 1.54) is 19.2 Å². The first-order chi connectivity index (χ1) is 15.4. The van der Waals surface area contributed by atoms with Gasteiger partial charge in [-0.3, -0.25) is 4.79 Å². The summed E-state index contributed by atoms with van der Waals surface area (Å²) in [5, 5.41) is 10.1. The van der Waals surface area contributed by atoms with Crippen LogP contribution in [0.2, 0.25) is 0 Å². The molecule has 0 saturated heterocycles. The molecule has 2 amide bonds. The van der Waals surface area contributed by atoms with E-state index in [0.29, 0.717) is 12.1 Å². The predicted octanol–water partition coefficient (Wildman–Crippen LogP) is 4.07. The molecule has 0 bridgehead atoms. The number of carbonyl (C=O) groups excluding carboxylic acids is 2. The smallest absolute Gasteiger partial charge is 0.407 e. The van der Waals surface area contributed by atoms with Gasteiger partial charge >= 0.3 is 6.09 Å². The van der Waals surface area contributed by atoms with Crippen molar-refractivity contribution >= 4 is 12.0 Å². The van der Waals surface area contributed by atoms with Crippen molar-refractivity contribution in [3.05, 3.63) is 72.2 Å². The number of alkyl carbamates (subject to hydrolysis) is 1. The highest BCUT2D eigenvalue weighted by Gasteiger charge is 2.23. The Bertz CT molecular complexity index is 1050. The molecule has 0 aliphatic heterocycles. The van der Waals surface area contributed by atoms with Crippen molar-refractivity contribution in [2.75, 3.05) is 7.11 Å². The van der Waals surface area contributed by atoms with Crippen LogP contribution >= 0.6 is 0 Å². The summed E-state index contributed by atoms with van der Waals surface area (Å²) in [6, 6.07) is 14.9. The molecule has 1 heterocycles. The van der Waals surface area contributed by atoms with Gasteiger partial charge in [-0.15, -0.1) is 0 Å². The van der Waals surface area contributed by atoms with Crippen LogP contribution in [0.25, 0.3) is 16.9 Å². The second-order valence-electron chi connectivity index (χ2n) is 7.83. The van der Waals surface area contributed by atoms with Gasteiger partial charge in [0, 0.05) is 23.9 Å². The molecule has 32 heavy (non-hydrogen) atoms. The van der Waals surface area contributed by atoms with Crippen molar-refractivity contribution < 1.29 is 18.7 Å². The molecule has 0 fully saturated rings. The van der Waals surface area contributed by atoms with Gasteiger partial charge in [0.1, 0.15) is 11.9 Å². The first kappa shape index (κ1) is 23.0. The van der Waals surface area contributed by atoms with Gasteiger partial charge in [0.25, 0.3) is 0 Å². The Morgan fingerprint density at radius 3 is 2.41 bits per heavy atom. The lowest BCUT2D eigenvalue weighted by Gasteiger charge is -2.19. The zero-order valence-corrected chi connectivity index (χ0v) is 18.3. The van der Waals surface area contributed by atoms with Crippen LogP contribution in [-0.2, 0) is 16.1 Å². The van der Waals surface area contributed by atoms with E-state index in [2.05, 4.69) is 20.5 Å². The van der Waals surface area contributed by atoms with E-state index in [-0.39, 0.29) is 24.2 Å². The standard InChI is InChI=1S/C24H27FN4O3/c1-16(2)13-21(27-24(31)32-3)23(30)26-14-18-15-29(20-7-5-4-6-8-20)28-22(18)17-9-11-19(25)12-10-17/h4-12,15-16,21H,13-14H2,1-3H3,(H,26,30)(H,27,31). The Balaban J connectivity index is 1.85. The average Bonchev–Trinajstić information content (AvgIpc) is 3.22.